The molecule has 0 fully saturated rings. The SMILES string of the molecule is Cc1cccc2nc(CNC(=O)[C@@H](C)NC(=O)OC(C)(C)C)cn12. The van der Waals surface area contributed by atoms with Crippen molar-refractivity contribution in [2.75, 3.05) is 0 Å². The Morgan fingerprint density at radius 3 is 2.67 bits per heavy atom. The first-order chi connectivity index (χ1) is 11.2. The normalized spacial score (nSPS) is 12.7. The van der Waals surface area contributed by atoms with Crippen molar-refractivity contribution in [1.82, 2.24) is 20.0 Å². The van der Waals surface area contributed by atoms with E-state index in [1.54, 1.807) is 27.7 Å². The lowest BCUT2D eigenvalue weighted by atomic mass is 10.2. The fourth-order valence-electron chi connectivity index (χ4n) is 2.16. The fourth-order valence-corrected chi connectivity index (χ4v) is 2.16. The zero-order chi connectivity index (χ0) is 17.9. The monoisotopic (exact) mass is 332 g/mol. The largest absolute Gasteiger partial charge is 0.444 e. The Bertz CT molecular complexity index is 746. The highest BCUT2D eigenvalue weighted by molar-refractivity contribution is 5.85. The Hall–Kier alpha value is -2.57. The van der Waals surface area contributed by atoms with E-state index in [-0.39, 0.29) is 5.91 Å². The fraction of sp³-hybridized carbons (Fsp3) is 0.471. The Kier molecular flexibility index (Phi) is 5.11. The summed E-state index contributed by atoms with van der Waals surface area (Å²) in [7, 11) is 0. The number of amides is 2. The van der Waals surface area contributed by atoms with Crippen LogP contribution in [0.5, 0.6) is 0 Å². The number of nitrogens with one attached hydrogen (secondary N) is 2. The first-order valence-electron chi connectivity index (χ1n) is 7.86. The number of hydrogen-bond donors (Lipinski definition) is 2. The van der Waals surface area contributed by atoms with Crippen molar-refractivity contribution >= 4 is 17.6 Å². The minimum absolute atomic E-state index is 0.292. The van der Waals surface area contributed by atoms with Gasteiger partial charge in [-0.2, -0.15) is 0 Å². The number of alkyl carbamates (subject to hydrolysis) is 1. The minimum Gasteiger partial charge on any atom is -0.444 e. The predicted molar refractivity (Wildman–Crippen MR) is 90.6 cm³/mol. The summed E-state index contributed by atoms with van der Waals surface area (Å²) >= 11 is 0. The highest BCUT2D eigenvalue weighted by atomic mass is 16.6. The Labute approximate surface area is 141 Å². The third-order valence-corrected chi connectivity index (χ3v) is 3.32. The van der Waals surface area contributed by atoms with Crippen molar-refractivity contribution in [3.05, 3.63) is 35.8 Å². The van der Waals surface area contributed by atoms with Crippen molar-refractivity contribution in [3.63, 3.8) is 0 Å². The molecule has 0 aromatic carbocycles. The van der Waals surface area contributed by atoms with Crippen molar-refractivity contribution in [3.8, 4) is 0 Å². The average molecular weight is 332 g/mol. The van der Waals surface area contributed by atoms with Gasteiger partial charge in [0.25, 0.3) is 0 Å². The molecule has 0 aliphatic carbocycles. The van der Waals surface area contributed by atoms with Crippen molar-refractivity contribution < 1.29 is 14.3 Å². The van der Waals surface area contributed by atoms with Gasteiger partial charge in [-0.15, -0.1) is 0 Å². The topological polar surface area (TPSA) is 84.7 Å². The second-order valence-corrected chi connectivity index (χ2v) is 6.71. The van der Waals surface area contributed by atoms with Crippen LogP contribution in [0, 0.1) is 6.92 Å². The van der Waals surface area contributed by atoms with E-state index in [2.05, 4.69) is 15.6 Å². The van der Waals surface area contributed by atoms with Crippen LogP contribution >= 0.6 is 0 Å². The molecule has 2 aromatic rings. The molecule has 2 N–H and O–H groups in total. The van der Waals surface area contributed by atoms with Crippen molar-refractivity contribution in [2.45, 2.75) is 52.8 Å². The summed E-state index contributed by atoms with van der Waals surface area (Å²) in [5.74, 6) is -0.297. The van der Waals surface area contributed by atoms with E-state index in [9.17, 15) is 9.59 Å². The van der Waals surface area contributed by atoms with Gasteiger partial charge in [-0.25, -0.2) is 9.78 Å². The Morgan fingerprint density at radius 1 is 1.33 bits per heavy atom. The van der Waals surface area contributed by atoms with Crippen molar-refractivity contribution in [2.24, 2.45) is 0 Å². The molecular weight excluding hydrogens is 308 g/mol. The highest BCUT2D eigenvalue weighted by Gasteiger charge is 2.21. The number of imidazole rings is 1. The molecule has 0 bridgehead atoms. The number of carbonyl (C=O) groups is 2. The highest BCUT2D eigenvalue weighted by Crippen LogP contribution is 2.09. The lowest BCUT2D eigenvalue weighted by Gasteiger charge is -2.21. The summed E-state index contributed by atoms with van der Waals surface area (Å²) in [6.07, 6.45) is 1.27. The number of rotatable bonds is 4. The van der Waals surface area contributed by atoms with Crippen LogP contribution in [-0.4, -0.2) is 33.0 Å². The van der Waals surface area contributed by atoms with E-state index in [0.717, 1.165) is 17.0 Å². The number of nitrogens with zero attached hydrogens (tertiary/aromatic N) is 2. The predicted octanol–water partition coefficient (Wildman–Crippen LogP) is 2.17. The third-order valence-electron chi connectivity index (χ3n) is 3.32. The van der Waals surface area contributed by atoms with Gasteiger partial charge in [0.15, 0.2) is 0 Å². The lowest BCUT2D eigenvalue weighted by Crippen LogP contribution is -2.46. The van der Waals surface area contributed by atoms with Crippen LogP contribution in [0.3, 0.4) is 0 Å². The molecule has 0 aliphatic rings. The van der Waals surface area contributed by atoms with Crippen LogP contribution in [0.4, 0.5) is 4.79 Å². The van der Waals surface area contributed by atoms with Crippen LogP contribution in [0.25, 0.3) is 5.65 Å². The van der Waals surface area contributed by atoms with E-state index in [4.69, 9.17) is 4.74 Å². The molecule has 0 aliphatic heterocycles. The summed E-state index contributed by atoms with van der Waals surface area (Å²) in [5.41, 5.74) is 2.05. The number of fused-ring (bicyclic) bond motifs is 1. The van der Waals surface area contributed by atoms with Crippen LogP contribution < -0.4 is 10.6 Å². The molecule has 2 heterocycles. The number of aromatic nitrogens is 2. The third kappa shape index (κ3) is 4.71. The van der Waals surface area contributed by atoms with Gasteiger partial charge in [0.1, 0.15) is 17.3 Å². The first-order valence-corrected chi connectivity index (χ1v) is 7.86. The standard InChI is InChI=1S/C17H24N4O3/c1-11-7-6-8-14-20-13(10-21(11)14)9-18-15(22)12(2)19-16(23)24-17(3,4)5/h6-8,10,12H,9H2,1-5H3,(H,18,22)(H,19,23)/t12-/m1/s1. The number of carbonyl (C=O) groups excluding carboxylic acids is 2. The number of ether oxygens (including phenoxy) is 1. The zero-order valence-corrected chi connectivity index (χ0v) is 14.7. The molecule has 1 atom stereocenters. The van der Waals surface area contributed by atoms with Gasteiger partial charge < -0.3 is 19.8 Å². The molecular formula is C17H24N4O3. The van der Waals surface area contributed by atoms with Gasteiger partial charge >= 0.3 is 6.09 Å². The second kappa shape index (κ2) is 6.90. The summed E-state index contributed by atoms with van der Waals surface area (Å²) < 4.78 is 7.09. The van der Waals surface area contributed by atoms with Crippen LogP contribution in [0.15, 0.2) is 24.4 Å². The van der Waals surface area contributed by atoms with E-state index >= 15 is 0 Å². The summed E-state index contributed by atoms with van der Waals surface area (Å²) in [4.78, 5) is 28.2. The molecule has 0 saturated carbocycles. The van der Waals surface area contributed by atoms with Crippen molar-refractivity contribution in [1.29, 1.82) is 0 Å². The molecule has 2 rings (SSSR count). The maximum Gasteiger partial charge on any atom is 0.408 e. The Morgan fingerprint density at radius 2 is 2.04 bits per heavy atom. The first kappa shape index (κ1) is 17.8. The van der Waals surface area contributed by atoms with E-state index in [1.165, 1.54) is 0 Å². The van der Waals surface area contributed by atoms with Crippen LogP contribution in [0.2, 0.25) is 0 Å². The van der Waals surface area contributed by atoms with Gasteiger partial charge in [-0.1, -0.05) is 6.07 Å². The van der Waals surface area contributed by atoms with Crippen LogP contribution in [0.1, 0.15) is 39.1 Å². The van der Waals surface area contributed by atoms with Gasteiger partial charge in [0.2, 0.25) is 5.91 Å². The van der Waals surface area contributed by atoms with Gasteiger partial charge in [-0.3, -0.25) is 4.79 Å². The summed E-state index contributed by atoms with van der Waals surface area (Å²) in [6, 6.07) is 5.14. The Balaban J connectivity index is 1.89. The van der Waals surface area contributed by atoms with Gasteiger partial charge in [0, 0.05) is 11.9 Å². The van der Waals surface area contributed by atoms with Crippen LogP contribution in [-0.2, 0) is 16.1 Å². The summed E-state index contributed by atoms with van der Waals surface area (Å²) in [5, 5.41) is 5.27. The molecule has 7 nitrogen and oxygen atoms in total. The second-order valence-electron chi connectivity index (χ2n) is 6.71. The van der Waals surface area contributed by atoms with E-state index < -0.39 is 17.7 Å². The molecule has 24 heavy (non-hydrogen) atoms. The quantitative estimate of drug-likeness (QED) is 0.898. The molecule has 2 amide bonds. The minimum atomic E-state index is -0.696. The lowest BCUT2D eigenvalue weighted by molar-refractivity contribution is -0.123. The molecule has 7 heteroatoms. The molecule has 0 unspecified atom stereocenters. The number of hydrogen-bond acceptors (Lipinski definition) is 4. The summed E-state index contributed by atoms with van der Waals surface area (Å²) in [6.45, 7) is 9.19. The number of aryl methyl sites for hydroxylation is 1. The molecule has 0 spiro atoms. The maximum atomic E-state index is 12.1. The maximum absolute atomic E-state index is 12.1. The van der Waals surface area contributed by atoms with Gasteiger partial charge in [0.05, 0.1) is 12.2 Å². The van der Waals surface area contributed by atoms with E-state index in [0.29, 0.717) is 6.54 Å². The molecule has 130 valence electrons. The molecule has 0 saturated heterocycles. The van der Waals surface area contributed by atoms with Gasteiger partial charge in [-0.05, 0) is 46.8 Å². The smallest absolute Gasteiger partial charge is 0.408 e. The average Bonchev–Trinajstić information content (AvgIpc) is 2.87. The molecule has 0 radical (unpaired) electrons. The zero-order valence-electron chi connectivity index (χ0n) is 14.7. The molecule has 2 aromatic heterocycles. The van der Waals surface area contributed by atoms with E-state index in [1.807, 2.05) is 35.7 Å². The number of pyridine rings is 1.